The molecule has 1 heterocycles. The van der Waals surface area contributed by atoms with E-state index in [4.69, 9.17) is 4.74 Å². The minimum absolute atomic E-state index is 0.507. The van der Waals surface area contributed by atoms with Crippen molar-refractivity contribution in [1.29, 1.82) is 0 Å². The van der Waals surface area contributed by atoms with E-state index < -0.39 is 5.60 Å². The Bertz CT molecular complexity index is 987. The summed E-state index contributed by atoms with van der Waals surface area (Å²) in [5.74, 6) is 0.799. The lowest BCUT2D eigenvalue weighted by Crippen LogP contribution is -2.37. The number of likely N-dealkylation sites (N-methyl/N-ethyl adjacent to an activating group) is 1. The van der Waals surface area contributed by atoms with Crippen LogP contribution in [0.3, 0.4) is 0 Å². The lowest BCUT2D eigenvalue weighted by Gasteiger charge is -2.42. The van der Waals surface area contributed by atoms with E-state index in [1.54, 1.807) is 0 Å². The van der Waals surface area contributed by atoms with E-state index in [1.807, 2.05) is 75.7 Å². The number of fused-ring (bicyclic) bond motifs is 2. The van der Waals surface area contributed by atoms with E-state index in [1.165, 1.54) is 0 Å². The molecule has 0 aliphatic carbocycles. The maximum Gasteiger partial charge on any atom is 0.143 e. The van der Waals surface area contributed by atoms with Gasteiger partial charge in [0.1, 0.15) is 18.0 Å². The molecule has 0 spiro atoms. The number of aliphatic hydroxyl groups is 1. The number of hydrogen-bond donors (Lipinski definition) is 1. The topological polar surface area (TPSA) is 35.9 Å². The Hall–Kier alpha value is -2.82. The second-order valence-electron chi connectivity index (χ2n) is 7.90. The van der Waals surface area contributed by atoms with Crippen LogP contribution < -0.4 is 9.64 Å². The van der Waals surface area contributed by atoms with Gasteiger partial charge in [0.25, 0.3) is 0 Å². The number of benzene rings is 3. The largest absolute Gasteiger partial charge is 0.490 e. The van der Waals surface area contributed by atoms with Crippen molar-refractivity contribution in [1.82, 2.24) is 4.90 Å². The fraction of sp³-hybridized carbons (Fsp3) is 0.280. The first-order valence-corrected chi connectivity index (χ1v) is 10.0. The summed E-state index contributed by atoms with van der Waals surface area (Å²) in [5, 5.41) is 12.1. The van der Waals surface area contributed by atoms with Crippen LogP contribution >= 0.6 is 0 Å². The molecule has 0 aromatic heterocycles. The Morgan fingerprint density at radius 1 is 0.897 bits per heavy atom. The number of para-hydroxylation sites is 2. The Balaban J connectivity index is 1.83. The summed E-state index contributed by atoms with van der Waals surface area (Å²) < 4.78 is 6.15. The van der Waals surface area contributed by atoms with Crippen LogP contribution in [0.1, 0.15) is 16.7 Å². The molecular formula is C25H28N2O2. The molecule has 3 aromatic carbocycles. The minimum atomic E-state index is -1.12. The summed E-state index contributed by atoms with van der Waals surface area (Å²) in [6.07, 6.45) is 0.507. The highest BCUT2D eigenvalue weighted by Crippen LogP contribution is 2.51. The fourth-order valence-electron chi connectivity index (χ4n) is 4.12. The lowest BCUT2D eigenvalue weighted by molar-refractivity contribution is 0.0801. The predicted octanol–water partition coefficient (Wildman–Crippen LogP) is 4.19. The minimum Gasteiger partial charge on any atom is -0.490 e. The van der Waals surface area contributed by atoms with E-state index in [-0.39, 0.29) is 0 Å². The first-order chi connectivity index (χ1) is 14.0. The standard InChI is InChI=1S/C25H28N2O2/c1-26(2)16-17-29-23-15-9-13-21-24(23)27(3)22-14-8-7-12-20(22)25(21,28)18-19-10-5-4-6-11-19/h4-15,28H,16-18H2,1-3H3. The Morgan fingerprint density at radius 2 is 1.59 bits per heavy atom. The summed E-state index contributed by atoms with van der Waals surface area (Å²) in [6.45, 7) is 1.42. The number of hydrogen-bond acceptors (Lipinski definition) is 4. The molecule has 4 rings (SSSR count). The van der Waals surface area contributed by atoms with Crippen LogP contribution in [0.2, 0.25) is 0 Å². The SMILES string of the molecule is CN(C)CCOc1cccc2c1N(C)c1ccccc1C2(O)Cc1ccccc1. The molecule has 150 valence electrons. The fourth-order valence-corrected chi connectivity index (χ4v) is 4.12. The van der Waals surface area contributed by atoms with Gasteiger partial charge in [-0.1, -0.05) is 60.7 Å². The van der Waals surface area contributed by atoms with Gasteiger partial charge in [-0.15, -0.1) is 0 Å². The summed E-state index contributed by atoms with van der Waals surface area (Å²) in [6, 6.07) is 24.2. The monoisotopic (exact) mass is 388 g/mol. The molecule has 29 heavy (non-hydrogen) atoms. The smallest absolute Gasteiger partial charge is 0.143 e. The molecule has 1 aliphatic heterocycles. The van der Waals surface area contributed by atoms with Crippen LogP contribution in [-0.2, 0) is 12.0 Å². The van der Waals surface area contributed by atoms with Gasteiger partial charge in [0, 0.05) is 36.8 Å². The van der Waals surface area contributed by atoms with E-state index in [0.717, 1.165) is 40.4 Å². The van der Waals surface area contributed by atoms with Crippen LogP contribution in [0.25, 0.3) is 0 Å². The van der Waals surface area contributed by atoms with E-state index >= 15 is 0 Å². The Morgan fingerprint density at radius 3 is 2.34 bits per heavy atom. The van der Waals surface area contributed by atoms with Crippen molar-refractivity contribution in [2.24, 2.45) is 0 Å². The van der Waals surface area contributed by atoms with Crippen molar-refractivity contribution >= 4 is 11.4 Å². The van der Waals surface area contributed by atoms with Gasteiger partial charge >= 0.3 is 0 Å². The molecule has 0 radical (unpaired) electrons. The van der Waals surface area contributed by atoms with Crippen molar-refractivity contribution in [2.45, 2.75) is 12.0 Å². The lowest BCUT2D eigenvalue weighted by atomic mass is 9.77. The highest BCUT2D eigenvalue weighted by Gasteiger charge is 2.42. The van der Waals surface area contributed by atoms with Gasteiger partial charge in [0.15, 0.2) is 0 Å². The van der Waals surface area contributed by atoms with E-state index in [2.05, 4.69) is 28.0 Å². The first-order valence-electron chi connectivity index (χ1n) is 10.0. The molecule has 0 fully saturated rings. The van der Waals surface area contributed by atoms with Crippen LogP contribution in [-0.4, -0.2) is 44.3 Å². The maximum atomic E-state index is 12.1. The number of nitrogens with zero attached hydrogens (tertiary/aromatic N) is 2. The van der Waals surface area contributed by atoms with Gasteiger partial charge in [-0.3, -0.25) is 0 Å². The molecule has 1 aliphatic rings. The summed E-state index contributed by atoms with van der Waals surface area (Å²) in [4.78, 5) is 4.23. The molecule has 3 aromatic rings. The highest BCUT2D eigenvalue weighted by atomic mass is 16.5. The zero-order valence-corrected chi connectivity index (χ0v) is 17.3. The number of rotatable bonds is 6. The Kier molecular flexibility index (Phi) is 5.31. The third kappa shape index (κ3) is 3.61. The molecule has 4 heteroatoms. The second-order valence-corrected chi connectivity index (χ2v) is 7.90. The Labute approximate surface area is 173 Å². The summed E-state index contributed by atoms with van der Waals surface area (Å²) >= 11 is 0. The molecule has 0 bridgehead atoms. The molecule has 4 nitrogen and oxygen atoms in total. The molecule has 0 saturated carbocycles. The molecule has 1 N–H and O–H groups in total. The van der Waals surface area contributed by atoms with Gasteiger partial charge in [-0.05, 0) is 31.8 Å². The zero-order valence-electron chi connectivity index (χ0n) is 17.3. The van der Waals surface area contributed by atoms with Gasteiger partial charge in [0.05, 0.1) is 5.69 Å². The van der Waals surface area contributed by atoms with Crippen LogP contribution in [0.4, 0.5) is 11.4 Å². The number of anilines is 2. The average molecular weight is 389 g/mol. The second kappa shape index (κ2) is 7.90. The highest BCUT2D eigenvalue weighted by molar-refractivity contribution is 5.81. The van der Waals surface area contributed by atoms with Crippen molar-refractivity contribution in [2.75, 3.05) is 39.2 Å². The molecule has 1 unspecified atom stereocenters. The van der Waals surface area contributed by atoms with Gasteiger partial charge < -0.3 is 19.6 Å². The van der Waals surface area contributed by atoms with E-state index in [9.17, 15) is 5.11 Å². The molecule has 0 saturated heterocycles. The quantitative estimate of drug-likeness (QED) is 0.687. The van der Waals surface area contributed by atoms with E-state index in [0.29, 0.717) is 13.0 Å². The first kappa shape index (κ1) is 19.5. The van der Waals surface area contributed by atoms with Gasteiger partial charge in [-0.2, -0.15) is 0 Å². The number of ether oxygens (including phenoxy) is 1. The predicted molar refractivity (Wildman–Crippen MR) is 118 cm³/mol. The van der Waals surface area contributed by atoms with Crippen molar-refractivity contribution in [3.05, 3.63) is 89.5 Å². The third-order valence-corrected chi connectivity index (χ3v) is 5.59. The third-order valence-electron chi connectivity index (χ3n) is 5.59. The summed E-state index contributed by atoms with van der Waals surface area (Å²) in [7, 11) is 6.11. The maximum absolute atomic E-state index is 12.1. The molecule has 1 atom stereocenters. The molecule has 0 amide bonds. The van der Waals surface area contributed by atoms with Crippen LogP contribution in [0.5, 0.6) is 5.75 Å². The average Bonchev–Trinajstić information content (AvgIpc) is 2.73. The van der Waals surface area contributed by atoms with Crippen molar-refractivity contribution in [3.63, 3.8) is 0 Å². The summed E-state index contributed by atoms with van der Waals surface area (Å²) in [5.41, 5.74) is 3.71. The molecular weight excluding hydrogens is 360 g/mol. The zero-order chi connectivity index (χ0) is 20.4. The van der Waals surface area contributed by atoms with Crippen molar-refractivity contribution in [3.8, 4) is 5.75 Å². The normalized spacial score (nSPS) is 17.8. The van der Waals surface area contributed by atoms with Crippen LogP contribution in [0.15, 0.2) is 72.8 Å². The van der Waals surface area contributed by atoms with Gasteiger partial charge in [-0.25, -0.2) is 0 Å². The van der Waals surface area contributed by atoms with Crippen LogP contribution in [0, 0.1) is 0 Å². The van der Waals surface area contributed by atoms with Gasteiger partial charge in [0.2, 0.25) is 0 Å². The van der Waals surface area contributed by atoms with Crippen molar-refractivity contribution < 1.29 is 9.84 Å².